The molecule has 0 saturated carbocycles. The molecule has 2 rings (SSSR count). The predicted molar refractivity (Wildman–Crippen MR) is 145 cm³/mol. The fourth-order valence-corrected chi connectivity index (χ4v) is 12.5. The van der Waals surface area contributed by atoms with Crippen molar-refractivity contribution in [1.29, 1.82) is 0 Å². The lowest BCUT2D eigenvalue weighted by atomic mass is 9.93. The Hall–Kier alpha value is 0.274. The van der Waals surface area contributed by atoms with Crippen LogP contribution in [0.2, 0.25) is 34.8 Å². The summed E-state index contributed by atoms with van der Waals surface area (Å²) in [5, 5.41) is 0.228. The van der Waals surface area contributed by atoms with E-state index in [-0.39, 0.29) is 17.2 Å². The van der Waals surface area contributed by atoms with Crippen molar-refractivity contribution in [2.45, 2.75) is 154 Å². The smallest absolute Gasteiger partial charge is 0.200 e. The van der Waals surface area contributed by atoms with Crippen LogP contribution in [0.4, 0.5) is 0 Å². The average molecular weight is 501 g/mol. The van der Waals surface area contributed by atoms with Crippen molar-refractivity contribution in [3.8, 4) is 0 Å². The molecule has 4 atom stereocenters. The molecule has 0 unspecified atom stereocenters. The zero-order chi connectivity index (χ0) is 25.2. The van der Waals surface area contributed by atoms with Crippen molar-refractivity contribution in [2.24, 2.45) is 5.92 Å². The van der Waals surface area contributed by atoms with Crippen molar-refractivity contribution in [1.82, 2.24) is 0 Å². The number of rotatable bonds is 10. The standard InChI is InChI=1S/C27H56O4Si2/c1-20(2)33(21(3)4,22(5)6)29-18-23(7)25-14-13-16-27(31-25)17-15-24(30-27)19-28-32(11,12)26(8,9)10/h20-25H,13-19H2,1-12H3/t23-,24-,25-,27+/m0/s1. The molecule has 2 heterocycles. The maximum absolute atomic E-state index is 6.91. The minimum absolute atomic E-state index is 0.160. The third kappa shape index (κ3) is 6.73. The van der Waals surface area contributed by atoms with Crippen LogP contribution < -0.4 is 0 Å². The molecule has 6 heteroatoms. The summed E-state index contributed by atoms with van der Waals surface area (Å²) in [7, 11) is -3.60. The van der Waals surface area contributed by atoms with E-state index in [1.807, 2.05) is 0 Å². The molecule has 4 nitrogen and oxygen atoms in total. The van der Waals surface area contributed by atoms with Crippen molar-refractivity contribution in [2.75, 3.05) is 13.2 Å². The van der Waals surface area contributed by atoms with Crippen molar-refractivity contribution in [3.63, 3.8) is 0 Å². The van der Waals surface area contributed by atoms with E-state index in [2.05, 4.69) is 82.3 Å². The molecule has 0 N–H and O–H groups in total. The summed E-state index contributed by atoms with van der Waals surface area (Å²) in [5.41, 5.74) is 1.84. The molecule has 0 aliphatic carbocycles. The van der Waals surface area contributed by atoms with Gasteiger partial charge in [-0.25, -0.2) is 0 Å². The lowest BCUT2D eigenvalue weighted by molar-refractivity contribution is -0.280. The molecule has 2 fully saturated rings. The van der Waals surface area contributed by atoms with E-state index < -0.39 is 22.4 Å². The highest BCUT2D eigenvalue weighted by Crippen LogP contribution is 2.45. The van der Waals surface area contributed by atoms with Crippen LogP contribution in [-0.2, 0) is 18.3 Å². The van der Waals surface area contributed by atoms with Crippen molar-refractivity contribution >= 4 is 16.6 Å². The second-order valence-electron chi connectivity index (χ2n) is 13.4. The zero-order valence-corrected chi connectivity index (χ0v) is 26.0. The van der Waals surface area contributed by atoms with Gasteiger partial charge in [-0.15, -0.1) is 0 Å². The topological polar surface area (TPSA) is 36.9 Å². The van der Waals surface area contributed by atoms with E-state index in [0.29, 0.717) is 29.1 Å². The monoisotopic (exact) mass is 500 g/mol. The molecule has 0 bridgehead atoms. The quantitative estimate of drug-likeness (QED) is 0.283. The number of ether oxygens (including phenoxy) is 2. The number of hydrogen-bond acceptors (Lipinski definition) is 4. The molecule has 33 heavy (non-hydrogen) atoms. The molecule has 0 radical (unpaired) electrons. The third-order valence-electron chi connectivity index (χ3n) is 9.02. The van der Waals surface area contributed by atoms with E-state index in [9.17, 15) is 0 Å². The van der Waals surface area contributed by atoms with E-state index >= 15 is 0 Å². The molecule has 2 aliphatic rings. The molecular weight excluding hydrogens is 444 g/mol. The lowest BCUT2D eigenvalue weighted by Gasteiger charge is -2.45. The molecule has 2 saturated heterocycles. The van der Waals surface area contributed by atoms with E-state index in [1.165, 1.54) is 6.42 Å². The van der Waals surface area contributed by atoms with Crippen molar-refractivity contribution in [3.05, 3.63) is 0 Å². The Kier molecular flexibility index (Phi) is 9.94. The van der Waals surface area contributed by atoms with Crippen LogP contribution in [0.25, 0.3) is 0 Å². The van der Waals surface area contributed by atoms with E-state index in [4.69, 9.17) is 18.3 Å². The largest absolute Gasteiger partial charge is 0.416 e. The predicted octanol–water partition coefficient (Wildman–Crippen LogP) is 8.28. The Morgan fingerprint density at radius 1 is 0.848 bits per heavy atom. The van der Waals surface area contributed by atoms with Crippen LogP contribution >= 0.6 is 0 Å². The van der Waals surface area contributed by atoms with Crippen LogP contribution in [0.15, 0.2) is 0 Å². The summed E-state index contributed by atoms with van der Waals surface area (Å²) in [6.45, 7) is 29.5. The van der Waals surface area contributed by atoms with Crippen LogP contribution in [0.1, 0.15) is 101 Å². The highest BCUT2D eigenvalue weighted by molar-refractivity contribution is 6.77. The summed E-state index contributed by atoms with van der Waals surface area (Å²) in [6, 6.07) is 0. The van der Waals surface area contributed by atoms with E-state index in [1.54, 1.807) is 0 Å². The fourth-order valence-electron chi connectivity index (χ4n) is 5.96. The molecule has 0 amide bonds. The first-order valence-electron chi connectivity index (χ1n) is 13.7. The number of hydrogen-bond donors (Lipinski definition) is 0. The van der Waals surface area contributed by atoms with Gasteiger partial charge in [0, 0.05) is 25.4 Å². The first kappa shape index (κ1) is 29.5. The second kappa shape index (κ2) is 11.1. The van der Waals surface area contributed by atoms with Gasteiger partial charge in [-0.05, 0) is 54.0 Å². The van der Waals surface area contributed by atoms with Crippen LogP contribution in [-0.4, -0.2) is 47.8 Å². The second-order valence-corrected chi connectivity index (χ2v) is 23.7. The Balaban J connectivity index is 1.96. The van der Waals surface area contributed by atoms with Crippen LogP contribution in [0.5, 0.6) is 0 Å². The maximum Gasteiger partial charge on any atom is 0.200 e. The van der Waals surface area contributed by atoms with Gasteiger partial charge in [0.1, 0.15) is 0 Å². The highest BCUT2D eigenvalue weighted by Gasteiger charge is 2.48. The average Bonchev–Trinajstić information content (AvgIpc) is 3.07. The fraction of sp³-hybridized carbons (Fsp3) is 1.00. The highest BCUT2D eigenvalue weighted by atomic mass is 28.4. The molecule has 0 aromatic rings. The van der Waals surface area contributed by atoms with Gasteiger partial charge < -0.3 is 18.3 Å². The maximum atomic E-state index is 6.91. The summed E-state index contributed by atoms with van der Waals surface area (Å²) in [5.74, 6) is -0.0159. The van der Waals surface area contributed by atoms with Crippen LogP contribution in [0.3, 0.4) is 0 Å². The Bertz CT molecular complexity index is 592. The minimum atomic E-state index is -1.85. The molecule has 0 aromatic carbocycles. The Morgan fingerprint density at radius 2 is 1.42 bits per heavy atom. The van der Waals surface area contributed by atoms with Crippen molar-refractivity contribution < 1.29 is 18.3 Å². The van der Waals surface area contributed by atoms with Gasteiger partial charge in [0.15, 0.2) is 22.4 Å². The van der Waals surface area contributed by atoms with Gasteiger partial charge in [0.2, 0.25) is 0 Å². The lowest BCUT2D eigenvalue weighted by Crippen LogP contribution is -2.50. The molecule has 196 valence electrons. The van der Waals surface area contributed by atoms with Gasteiger partial charge in [0.05, 0.1) is 18.8 Å². The molecule has 2 aliphatic heterocycles. The first-order valence-corrected chi connectivity index (χ1v) is 18.7. The SMILES string of the molecule is CC(C)[Si](OC[C@H](C)[C@@H]1CCC[C@]2(CC[C@@H](CO[Si](C)(C)C(C)(C)C)O2)O1)(C(C)C)C(C)C. The summed E-state index contributed by atoms with van der Waals surface area (Å²) in [6.07, 6.45) is 5.70. The first-order chi connectivity index (χ1) is 15.1. The summed E-state index contributed by atoms with van der Waals surface area (Å²) >= 11 is 0. The van der Waals surface area contributed by atoms with Gasteiger partial charge in [-0.3, -0.25) is 0 Å². The zero-order valence-electron chi connectivity index (χ0n) is 24.0. The summed E-state index contributed by atoms with van der Waals surface area (Å²) < 4.78 is 26.7. The van der Waals surface area contributed by atoms with Gasteiger partial charge >= 0.3 is 0 Å². The van der Waals surface area contributed by atoms with E-state index in [0.717, 1.165) is 32.3 Å². The van der Waals surface area contributed by atoms with Gasteiger partial charge in [-0.2, -0.15) is 0 Å². The Morgan fingerprint density at radius 3 is 1.94 bits per heavy atom. The molecule has 1 spiro atoms. The normalized spacial score (nSPS) is 28.5. The van der Waals surface area contributed by atoms with Gasteiger partial charge in [-0.1, -0.05) is 69.2 Å². The molecular formula is C27H56O4Si2. The third-order valence-corrected chi connectivity index (χ3v) is 19.6. The minimum Gasteiger partial charge on any atom is -0.416 e. The molecule has 0 aromatic heterocycles. The van der Waals surface area contributed by atoms with Crippen LogP contribution in [0, 0.1) is 5.92 Å². The van der Waals surface area contributed by atoms with Gasteiger partial charge in [0.25, 0.3) is 0 Å². The summed E-state index contributed by atoms with van der Waals surface area (Å²) in [4.78, 5) is 0. The Labute approximate surface area is 208 Å².